The third-order valence-electron chi connectivity index (χ3n) is 9.06. The summed E-state index contributed by atoms with van der Waals surface area (Å²) in [5.74, 6) is 0.0945. The van der Waals surface area contributed by atoms with Crippen LogP contribution in [0.25, 0.3) is 38.6 Å². The number of carbonyl (C=O) groups is 1. The lowest BCUT2D eigenvalue weighted by Crippen LogP contribution is -2.36. The molecule has 2 nitrogen and oxygen atoms in total. The van der Waals surface area contributed by atoms with Crippen LogP contribution in [0, 0.1) is 0 Å². The van der Waals surface area contributed by atoms with E-state index in [0.29, 0.717) is 0 Å². The van der Waals surface area contributed by atoms with Crippen LogP contribution < -0.4 is 0 Å². The van der Waals surface area contributed by atoms with Gasteiger partial charge in [0, 0.05) is 32.1 Å². The zero-order valence-corrected chi connectivity index (χ0v) is 23.5. The number of carbonyl (C=O) groups excluding carboxylic acids is 1. The average Bonchev–Trinajstić information content (AvgIpc) is 3.49. The van der Waals surface area contributed by atoms with Gasteiger partial charge in [-0.25, -0.2) is 0 Å². The fourth-order valence-electron chi connectivity index (χ4n) is 7.50. The SMILES string of the molecule is O=C1c2ccccc2C2(c3ccccc31)c1ccccc1-c1cc3c4cc(Br)ccc4n(-c4ccccc4)c3cc12. The maximum atomic E-state index is 13.9. The number of fused-ring (bicyclic) bond motifs is 12. The predicted molar refractivity (Wildman–Crippen MR) is 169 cm³/mol. The quantitative estimate of drug-likeness (QED) is 0.187. The molecule has 0 radical (unpaired) electrons. The van der Waals surface area contributed by atoms with Gasteiger partial charge in [-0.3, -0.25) is 4.79 Å². The summed E-state index contributed by atoms with van der Waals surface area (Å²) in [6.07, 6.45) is 0. The van der Waals surface area contributed by atoms with Crippen LogP contribution >= 0.6 is 15.9 Å². The van der Waals surface area contributed by atoms with Crippen molar-refractivity contribution in [3.8, 4) is 16.8 Å². The second kappa shape index (κ2) is 8.15. The van der Waals surface area contributed by atoms with Crippen molar-refractivity contribution >= 4 is 43.5 Å². The number of nitrogens with zero attached hydrogens (tertiary/aromatic N) is 1. The highest BCUT2D eigenvalue weighted by atomic mass is 79.9. The molecular weight excluding hydrogens is 566 g/mol. The van der Waals surface area contributed by atoms with Gasteiger partial charge in [-0.1, -0.05) is 107 Å². The molecule has 0 aliphatic heterocycles. The van der Waals surface area contributed by atoms with Crippen LogP contribution in [-0.2, 0) is 5.41 Å². The Bertz CT molecular complexity index is 2190. The normalized spacial score (nSPS) is 14.2. The molecular formula is C38H22BrNO. The number of ketones is 1. The minimum atomic E-state index is -0.597. The highest BCUT2D eigenvalue weighted by Crippen LogP contribution is 2.60. The highest BCUT2D eigenvalue weighted by molar-refractivity contribution is 9.10. The van der Waals surface area contributed by atoms with Crippen LogP contribution in [0.5, 0.6) is 0 Å². The molecule has 2 aliphatic rings. The number of hydrogen-bond donors (Lipinski definition) is 0. The highest BCUT2D eigenvalue weighted by Gasteiger charge is 2.51. The van der Waals surface area contributed by atoms with Crippen molar-refractivity contribution in [1.82, 2.24) is 4.57 Å². The molecule has 192 valence electrons. The number of aromatic nitrogens is 1. The van der Waals surface area contributed by atoms with Crippen molar-refractivity contribution < 1.29 is 4.79 Å². The van der Waals surface area contributed by atoms with E-state index in [-0.39, 0.29) is 5.78 Å². The summed E-state index contributed by atoms with van der Waals surface area (Å²) in [7, 11) is 0. The summed E-state index contributed by atoms with van der Waals surface area (Å²) in [5.41, 5.74) is 11.4. The zero-order valence-electron chi connectivity index (χ0n) is 21.9. The Morgan fingerprint density at radius 3 is 1.73 bits per heavy atom. The largest absolute Gasteiger partial charge is 0.309 e. The van der Waals surface area contributed by atoms with E-state index in [1.807, 2.05) is 24.3 Å². The van der Waals surface area contributed by atoms with E-state index >= 15 is 0 Å². The van der Waals surface area contributed by atoms with Gasteiger partial charge in [0.1, 0.15) is 0 Å². The van der Waals surface area contributed by atoms with Crippen molar-refractivity contribution in [1.29, 1.82) is 0 Å². The van der Waals surface area contributed by atoms with Gasteiger partial charge >= 0.3 is 0 Å². The lowest BCUT2D eigenvalue weighted by Gasteiger charge is -2.39. The molecule has 0 bridgehead atoms. The molecule has 0 fully saturated rings. The van der Waals surface area contributed by atoms with Gasteiger partial charge in [0.05, 0.1) is 16.4 Å². The van der Waals surface area contributed by atoms with Crippen molar-refractivity contribution in [3.05, 3.63) is 171 Å². The van der Waals surface area contributed by atoms with Crippen LogP contribution in [0.15, 0.2) is 138 Å². The molecule has 1 aromatic heterocycles. The topological polar surface area (TPSA) is 22.0 Å². The van der Waals surface area contributed by atoms with Gasteiger partial charge in [-0.2, -0.15) is 0 Å². The molecule has 2 aliphatic carbocycles. The molecule has 9 rings (SSSR count). The van der Waals surface area contributed by atoms with Crippen LogP contribution in [0.3, 0.4) is 0 Å². The monoisotopic (exact) mass is 587 g/mol. The molecule has 1 spiro atoms. The standard InChI is InChI=1S/C38H22BrNO/c39-23-18-19-35-29(20-23)30-21-28-25-12-4-7-15-31(25)38(34(28)22-36(30)40(35)24-10-2-1-3-11-24)32-16-8-5-13-26(32)37(41)27-14-6-9-17-33(27)38/h1-22H. The lowest BCUT2D eigenvalue weighted by molar-refractivity contribution is 0.103. The third kappa shape index (κ3) is 2.84. The van der Waals surface area contributed by atoms with Crippen LogP contribution in [0.1, 0.15) is 38.2 Å². The van der Waals surface area contributed by atoms with Crippen molar-refractivity contribution in [3.63, 3.8) is 0 Å². The smallest absolute Gasteiger partial charge is 0.193 e. The predicted octanol–water partition coefficient (Wildman–Crippen LogP) is 9.45. The molecule has 3 heteroatoms. The molecule has 6 aromatic carbocycles. The number of para-hydroxylation sites is 1. The minimum Gasteiger partial charge on any atom is -0.309 e. The van der Waals surface area contributed by atoms with Gasteiger partial charge in [0.15, 0.2) is 5.78 Å². The summed E-state index contributed by atoms with van der Waals surface area (Å²) in [4.78, 5) is 13.9. The molecule has 0 saturated carbocycles. The molecule has 41 heavy (non-hydrogen) atoms. The van der Waals surface area contributed by atoms with E-state index in [2.05, 4.69) is 130 Å². The first kappa shape index (κ1) is 23.0. The molecule has 1 heterocycles. The molecule has 0 unspecified atom stereocenters. The van der Waals surface area contributed by atoms with E-state index in [9.17, 15) is 4.79 Å². The number of rotatable bonds is 1. The Morgan fingerprint density at radius 2 is 1.05 bits per heavy atom. The first-order valence-corrected chi connectivity index (χ1v) is 14.6. The minimum absolute atomic E-state index is 0.0945. The molecule has 0 amide bonds. The Hall–Kier alpha value is -4.73. The average molecular weight is 589 g/mol. The maximum absolute atomic E-state index is 13.9. The lowest BCUT2D eigenvalue weighted by atomic mass is 9.61. The van der Waals surface area contributed by atoms with Gasteiger partial charge in [-0.15, -0.1) is 0 Å². The number of halogens is 1. The van der Waals surface area contributed by atoms with Crippen LogP contribution in [0.4, 0.5) is 0 Å². The second-order valence-corrected chi connectivity index (χ2v) is 11.9. The Balaban J connectivity index is 1.51. The number of hydrogen-bond acceptors (Lipinski definition) is 1. The zero-order chi connectivity index (χ0) is 27.3. The van der Waals surface area contributed by atoms with E-state index < -0.39 is 5.41 Å². The van der Waals surface area contributed by atoms with Crippen molar-refractivity contribution in [2.24, 2.45) is 0 Å². The maximum Gasteiger partial charge on any atom is 0.193 e. The molecule has 0 atom stereocenters. The van der Waals surface area contributed by atoms with Crippen molar-refractivity contribution in [2.75, 3.05) is 0 Å². The van der Waals surface area contributed by atoms with E-state index in [4.69, 9.17) is 0 Å². The summed E-state index contributed by atoms with van der Waals surface area (Å²) in [5, 5.41) is 2.42. The Kier molecular flexibility index (Phi) is 4.58. The summed E-state index contributed by atoms with van der Waals surface area (Å²) in [6.45, 7) is 0. The van der Waals surface area contributed by atoms with E-state index in [1.54, 1.807) is 0 Å². The first-order chi connectivity index (χ1) is 20.2. The molecule has 0 N–H and O–H groups in total. The van der Waals surface area contributed by atoms with Crippen LogP contribution in [-0.4, -0.2) is 10.4 Å². The van der Waals surface area contributed by atoms with Gasteiger partial charge in [-0.05, 0) is 75.8 Å². The van der Waals surface area contributed by atoms with Crippen molar-refractivity contribution in [2.45, 2.75) is 5.41 Å². The summed E-state index contributed by atoms with van der Waals surface area (Å²) < 4.78 is 3.43. The fraction of sp³-hybridized carbons (Fsp3) is 0.0263. The first-order valence-electron chi connectivity index (χ1n) is 13.8. The van der Waals surface area contributed by atoms with Gasteiger partial charge < -0.3 is 4.57 Å². The van der Waals surface area contributed by atoms with E-state index in [1.165, 1.54) is 38.5 Å². The van der Waals surface area contributed by atoms with Gasteiger partial charge in [0.25, 0.3) is 0 Å². The van der Waals surface area contributed by atoms with E-state index in [0.717, 1.165) is 37.9 Å². The molecule has 0 saturated heterocycles. The second-order valence-electron chi connectivity index (χ2n) is 11.0. The van der Waals surface area contributed by atoms with Crippen LogP contribution in [0.2, 0.25) is 0 Å². The molecule has 7 aromatic rings. The fourth-order valence-corrected chi connectivity index (χ4v) is 7.86. The summed E-state index contributed by atoms with van der Waals surface area (Å²) >= 11 is 3.73. The third-order valence-corrected chi connectivity index (χ3v) is 9.55. The Labute approximate surface area is 245 Å². The van der Waals surface area contributed by atoms with Gasteiger partial charge in [0.2, 0.25) is 0 Å². The number of benzene rings is 6. The Morgan fingerprint density at radius 1 is 0.488 bits per heavy atom. The summed E-state index contributed by atoms with van der Waals surface area (Å²) in [6, 6.07) is 47.1.